The van der Waals surface area contributed by atoms with E-state index in [1.165, 1.54) is 0 Å². The molecule has 8 heteroatoms. The summed E-state index contributed by atoms with van der Waals surface area (Å²) >= 11 is 0. The van der Waals surface area contributed by atoms with Crippen molar-refractivity contribution >= 4 is 22.7 Å². The fraction of sp³-hybridized carbons (Fsp3) is 0.312. The topological polar surface area (TPSA) is 84.1 Å². The van der Waals surface area contributed by atoms with Crippen molar-refractivity contribution in [3.05, 3.63) is 89.1 Å². The van der Waals surface area contributed by atoms with Gasteiger partial charge in [0.15, 0.2) is 17.0 Å². The zero-order valence-electron chi connectivity index (χ0n) is 23.2. The van der Waals surface area contributed by atoms with Crippen molar-refractivity contribution in [3.8, 4) is 17.2 Å². The summed E-state index contributed by atoms with van der Waals surface area (Å²) in [6.45, 7) is 4.97. The second kappa shape index (κ2) is 9.93. The van der Waals surface area contributed by atoms with Gasteiger partial charge in [0.25, 0.3) is 5.91 Å². The van der Waals surface area contributed by atoms with Gasteiger partial charge in [0.05, 0.1) is 26.5 Å². The number of aromatic amines is 1. The standard InChI is InChI=1S/C32H33N3O5/c1-5-40-29-22(10-8-12-26(29)39-4)24-18-35-27(36)19-34(17-20-13-15-21(38-3)16-14-20)31(37)32(35,2)30-28(24)23-9-6-7-11-25(23)33-30/h6-16,24,33H,5,17-19H2,1-4H3/t24-,32+/m1/s1. The number of nitrogens with one attached hydrogen (secondary N) is 1. The Labute approximate surface area is 233 Å². The minimum atomic E-state index is -1.18. The maximum atomic E-state index is 14.3. The first-order valence-electron chi connectivity index (χ1n) is 13.5. The molecule has 0 radical (unpaired) electrons. The van der Waals surface area contributed by atoms with Gasteiger partial charge in [-0.25, -0.2) is 0 Å². The number of ether oxygens (including phenoxy) is 3. The fourth-order valence-corrected chi connectivity index (χ4v) is 6.30. The number of amides is 2. The first-order chi connectivity index (χ1) is 19.4. The molecule has 206 valence electrons. The number of aromatic nitrogens is 1. The molecule has 0 spiro atoms. The third-order valence-electron chi connectivity index (χ3n) is 8.24. The molecule has 4 aromatic rings. The highest BCUT2D eigenvalue weighted by molar-refractivity contribution is 6.01. The van der Waals surface area contributed by atoms with E-state index in [9.17, 15) is 9.59 Å². The normalized spacial score (nSPS) is 20.4. The summed E-state index contributed by atoms with van der Waals surface area (Å²) in [7, 11) is 3.25. The van der Waals surface area contributed by atoms with Crippen LogP contribution in [-0.2, 0) is 21.7 Å². The van der Waals surface area contributed by atoms with Crippen LogP contribution in [0.1, 0.15) is 42.1 Å². The molecule has 1 saturated heterocycles. The summed E-state index contributed by atoms with van der Waals surface area (Å²) in [5.74, 6) is 1.62. The Kier molecular flexibility index (Phi) is 6.41. The van der Waals surface area contributed by atoms with Gasteiger partial charge in [-0.05, 0) is 49.2 Å². The molecule has 1 fully saturated rings. The van der Waals surface area contributed by atoms with E-state index in [2.05, 4.69) is 11.1 Å². The van der Waals surface area contributed by atoms with Crippen molar-refractivity contribution in [3.63, 3.8) is 0 Å². The van der Waals surface area contributed by atoms with E-state index in [4.69, 9.17) is 14.2 Å². The van der Waals surface area contributed by atoms with E-state index in [-0.39, 0.29) is 24.3 Å². The molecule has 3 heterocycles. The number of benzene rings is 3. The third kappa shape index (κ3) is 3.89. The van der Waals surface area contributed by atoms with Crippen LogP contribution in [0.4, 0.5) is 0 Å². The predicted molar refractivity (Wildman–Crippen MR) is 152 cm³/mol. The molecule has 8 nitrogen and oxygen atoms in total. The molecule has 0 saturated carbocycles. The summed E-state index contributed by atoms with van der Waals surface area (Å²) in [5, 5.41) is 1.03. The summed E-state index contributed by atoms with van der Waals surface area (Å²) in [5.41, 5.74) is 3.35. The molecule has 1 N–H and O–H groups in total. The van der Waals surface area contributed by atoms with E-state index in [0.29, 0.717) is 31.2 Å². The lowest BCUT2D eigenvalue weighted by Crippen LogP contribution is -2.67. The van der Waals surface area contributed by atoms with Crippen molar-refractivity contribution in [1.29, 1.82) is 0 Å². The molecule has 1 aromatic heterocycles. The number of carbonyl (C=O) groups excluding carboxylic acids is 2. The number of H-pyrrole nitrogens is 1. The van der Waals surface area contributed by atoms with Crippen LogP contribution in [-0.4, -0.2) is 60.5 Å². The smallest absolute Gasteiger partial charge is 0.255 e. The molecular weight excluding hydrogens is 506 g/mol. The maximum absolute atomic E-state index is 14.3. The van der Waals surface area contributed by atoms with Gasteiger partial charge in [-0.15, -0.1) is 0 Å². The number of hydrogen-bond acceptors (Lipinski definition) is 5. The van der Waals surface area contributed by atoms with E-state index in [1.54, 1.807) is 24.0 Å². The number of rotatable bonds is 7. The molecule has 0 aliphatic carbocycles. The van der Waals surface area contributed by atoms with Gasteiger partial charge in [0.1, 0.15) is 12.3 Å². The molecule has 3 aromatic carbocycles. The number of methoxy groups -OCH3 is 2. The first kappa shape index (κ1) is 25.8. The fourth-order valence-electron chi connectivity index (χ4n) is 6.30. The Hall–Kier alpha value is -4.46. The molecule has 0 unspecified atom stereocenters. The van der Waals surface area contributed by atoms with Gasteiger partial charge in [0.2, 0.25) is 5.91 Å². The van der Waals surface area contributed by atoms with Gasteiger partial charge in [-0.3, -0.25) is 9.59 Å². The molecule has 2 aliphatic rings. The van der Waals surface area contributed by atoms with E-state index >= 15 is 0 Å². The average Bonchev–Trinajstić information content (AvgIpc) is 3.37. The highest BCUT2D eigenvalue weighted by Crippen LogP contribution is 2.50. The predicted octanol–water partition coefficient (Wildman–Crippen LogP) is 4.82. The van der Waals surface area contributed by atoms with Crippen LogP contribution in [0.5, 0.6) is 17.2 Å². The molecule has 2 amide bonds. The zero-order chi connectivity index (χ0) is 28.0. The number of hydrogen-bond donors (Lipinski definition) is 1. The lowest BCUT2D eigenvalue weighted by molar-refractivity contribution is -0.166. The molecule has 40 heavy (non-hydrogen) atoms. The van der Waals surface area contributed by atoms with Gasteiger partial charge < -0.3 is 29.0 Å². The second-order valence-corrected chi connectivity index (χ2v) is 10.4. The number of fused-ring (bicyclic) bond motifs is 5. The highest BCUT2D eigenvalue weighted by Gasteiger charge is 2.56. The number of para-hydroxylation sites is 2. The summed E-state index contributed by atoms with van der Waals surface area (Å²) in [6, 6.07) is 21.5. The van der Waals surface area contributed by atoms with Gasteiger partial charge in [-0.1, -0.05) is 42.5 Å². The minimum absolute atomic E-state index is 0.0131. The SMILES string of the molecule is CCOc1c(OC)cccc1[C@H]1CN2C(=O)CN(Cc3ccc(OC)cc3)C(=O)[C@]2(C)c2[nH]c3ccccc3c21. The Morgan fingerprint density at radius 3 is 2.48 bits per heavy atom. The van der Waals surface area contributed by atoms with Crippen LogP contribution >= 0.6 is 0 Å². The number of piperazine rings is 1. The van der Waals surface area contributed by atoms with Crippen molar-refractivity contribution in [1.82, 2.24) is 14.8 Å². The lowest BCUT2D eigenvalue weighted by atomic mass is 9.76. The highest BCUT2D eigenvalue weighted by atomic mass is 16.5. The van der Waals surface area contributed by atoms with Crippen molar-refractivity contribution < 1.29 is 23.8 Å². The van der Waals surface area contributed by atoms with Crippen LogP contribution in [0.25, 0.3) is 10.9 Å². The first-order valence-corrected chi connectivity index (χ1v) is 13.5. The van der Waals surface area contributed by atoms with Gasteiger partial charge >= 0.3 is 0 Å². The zero-order valence-corrected chi connectivity index (χ0v) is 23.2. The molecule has 2 atom stereocenters. The summed E-state index contributed by atoms with van der Waals surface area (Å²) in [4.78, 5) is 35.2. The Morgan fingerprint density at radius 2 is 1.75 bits per heavy atom. The summed E-state index contributed by atoms with van der Waals surface area (Å²) < 4.78 is 17.0. The van der Waals surface area contributed by atoms with E-state index in [0.717, 1.165) is 39.0 Å². The summed E-state index contributed by atoms with van der Waals surface area (Å²) in [6.07, 6.45) is 0. The average molecular weight is 540 g/mol. The van der Waals surface area contributed by atoms with Crippen LogP contribution in [0.2, 0.25) is 0 Å². The number of nitrogens with zero attached hydrogens (tertiary/aromatic N) is 2. The second-order valence-electron chi connectivity index (χ2n) is 10.4. The quantitative estimate of drug-likeness (QED) is 0.364. The molecular formula is C32H33N3O5. The maximum Gasteiger partial charge on any atom is 0.255 e. The Balaban J connectivity index is 1.49. The van der Waals surface area contributed by atoms with Gasteiger partial charge in [-0.2, -0.15) is 0 Å². The monoisotopic (exact) mass is 539 g/mol. The van der Waals surface area contributed by atoms with Crippen LogP contribution in [0.15, 0.2) is 66.7 Å². The number of carbonyl (C=O) groups is 2. The lowest BCUT2D eigenvalue weighted by Gasteiger charge is -2.51. The van der Waals surface area contributed by atoms with Crippen molar-refractivity contribution in [2.75, 3.05) is 33.9 Å². The molecule has 0 bridgehead atoms. The Morgan fingerprint density at radius 1 is 0.975 bits per heavy atom. The largest absolute Gasteiger partial charge is 0.497 e. The third-order valence-corrected chi connectivity index (χ3v) is 8.24. The van der Waals surface area contributed by atoms with Gasteiger partial charge in [0, 0.05) is 35.5 Å². The van der Waals surface area contributed by atoms with Crippen molar-refractivity contribution in [2.45, 2.75) is 31.8 Å². The minimum Gasteiger partial charge on any atom is -0.497 e. The van der Waals surface area contributed by atoms with E-state index < -0.39 is 5.54 Å². The van der Waals surface area contributed by atoms with E-state index in [1.807, 2.05) is 74.5 Å². The molecule has 2 aliphatic heterocycles. The van der Waals surface area contributed by atoms with Crippen LogP contribution < -0.4 is 14.2 Å². The molecule has 6 rings (SSSR count). The van der Waals surface area contributed by atoms with Crippen molar-refractivity contribution in [2.24, 2.45) is 0 Å². The van der Waals surface area contributed by atoms with Crippen LogP contribution in [0, 0.1) is 0 Å². The van der Waals surface area contributed by atoms with Crippen LogP contribution in [0.3, 0.4) is 0 Å². The Bertz CT molecular complexity index is 1590.